The molecule has 2 heterocycles. The van der Waals surface area contributed by atoms with Crippen LogP contribution in [0.3, 0.4) is 0 Å². The molecule has 24 heavy (non-hydrogen) atoms. The molecule has 0 saturated heterocycles. The third-order valence-electron chi connectivity index (χ3n) is 3.64. The maximum Gasteiger partial charge on any atom is 0.0694 e. The van der Waals surface area contributed by atoms with Crippen LogP contribution < -0.4 is 10.9 Å². The highest BCUT2D eigenvalue weighted by molar-refractivity contribution is 5.80. The Morgan fingerprint density at radius 1 is 0.708 bits per heavy atom. The van der Waals surface area contributed by atoms with Crippen molar-refractivity contribution in [1.82, 2.24) is 9.35 Å². The van der Waals surface area contributed by atoms with Gasteiger partial charge in [-0.2, -0.15) is 0 Å². The van der Waals surface area contributed by atoms with Gasteiger partial charge in [0.05, 0.1) is 11.0 Å². The van der Waals surface area contributed by atoms with E-state index in [0.717, 1.165) is 5.52 Å². The van der Waals surface area contributed by atoms with Crippen molar-refractivity contribution < 1.29 is 0 Å². The summed E-state index contributed by atoms with van der Waals surface area (Å²) in [5.41, 5.74) is 2.32. The maximum absolute atomic E-state index is 5.59. The third-order valence-corrected chi connectivity index (χ3v) is 3.64. The second-order valence-electron chi connectivity index (χ2n) is 5.35. The highest BCUT2D eigenvalue weighted by Crippen LogP contribution is 2.14. The van der Waals surface area contributed by atoms with Crippen LogP contribution in [0, 0.1) is 0 Å². The first-order chi connectivity index (χ1) is 10.7. The minimum atomic E-state index is 0. The lowest BCUT2D eigenvalue weighted by atomic mass is 10.3. The molecular weight excluding hydrogens is 296 g/mol. The molecule has 4 nitrogen and oxygen atoms in total. The highest BCUT2D eigenvalue weighted by atomic mass is 15.5. The number of para-hydroxylation sites is 2. The van der Waals surface area contributed by atoms with Crippen molar-refractivity contribution >= 4 is 21.8 Å². The van der Waals surface area contributed by atoms with Gasteiger partial charge in [-0.05, 0) is 24.3 Å². The molecule has 0 aliphatic heterocycles. The van der Waals surface area contributed by atoms with E-state index in [4.69, 9.17) is 5.84 Å². The van der Waals surface area contributed by atoms with Crippen molar-refractivity contribution in [2.45, 2.75) is 14.9 Å². The van der Waals surface area contributed by atoms with Gasteiger partial charge in [-0.3, -0.25) is 9.35 Å². The van der Waals surface area contributed by atoms with Crippen LogP contribution in [0.1, 0.15) is 14.9 Å². The molecule has 0 radical (unpaired) electrons. The lowest BCUT2D eigenvalue weighted by Gasteiger charge is -2.15. The number of nitrogens with two attached hydrogens (primary N) is 1. The molecule has 0 aliphatic rings. The quantitative estimate of drug-likeness (QED) is 0.525. The minimum Gasteiger partial charge on any atom is -0.339 e. The average molecular weight is 324 g/mol. The van der Waals surface area contributed by atoms with Crippen molar-refractivity contribution in [1.29, 1.82) is 0 Å². The van der Waals surface area contributed by atoms with Gasteiger partial charge in [0.2, 0.25) is 0 Å². The minimum absolute atomic E-state index is 0. The van der Waals surface area contributed by atoms with Crippen LogP contribution in [0.2, 0.25) is 0 Å². The maximum atomic E-state index is 5.59. The second kappa shape index (κ2) is 8.11. The first kappa shape index (κ1) is 19.2. The summed E-state index contributed by atoms with van der Waals surface area (Å²) in [7, 11) is 4.07. The van der Waals surface area contributed by atoms with Gasteiger partial charge in [0.1, 0.15) is 0 Å². The molecule has 4 aromatic rings. The van der Waals surface area contributed by atoms with Gasteiger partial charge in [-0.25, -0.2) is 0 Å². The molecule has 0 atom stereocenters. The van der Waals surface area contributed by atoms with Gasteiger partial charge in [-0.15, -0.1) is 0 Å². The number of fused-ring (bicyclic) bond motifs is 2. The van der Waals surface area contributed by atoms with Crippen LogP contribution in [-0.2, 0) is 0 Å². The molecule has 2 aromatic carbocycles. The number of rotatable bonds is 1. The fourth-order valence-corrected chi connectivity index (χ4v) is 2.52. The van der Waals surface area contributed by atoms with Crippen LogP contribution in [-0.4, -0.2) is 23.4 Å². The van der Waals surface area contributed by atoms with Gasteiger partial charge < -0.3 is 10.9 Å². The van der Waals surface area contributed by atoms with Gasteiger partial charge in [0.15, 0.2) is 0 Å². The zero-order chi connectivity index (χ0) is 15.5. The molecule has 0 amide bonds. The predicted octanol–water partition coefficient (Wildman–Crippen LogP) is 4.47. The van der Waals surface area contributed by atoms with Crippen LogP contribution in [0.4, 0.5) is 0 Å². The predicted molar refractivity (Wildman–Crippen MR) is 108 cm³/mol. The van der Waals surface area contributed by atoms with E-state index in [1.807, 2.05) is 50.6 Å². The molecule has 4 rings (SSSR count). The van der Waals surface area contributed by atoms with Crippen molar-refractivity contribution in [3.05, 3.63) is 73.1 Å². The summed E-state index contributed by atoms with van der Waals surface area (Å²) >= 11 is 0. The van der Waals surface area contributed by atoms with E-state index in [2.05, 4.69) is 46.2 Å². The number of aromatic nitrogens is 2. The van der Waals surface area contributed by atoms with E-state index < -0.39 is 0 Å². The van der Waals surface area contributed by atoms with E-state index in [9.17, 15) is 0 Å². The van der Waals surface area contributed by atoms with E-state index in [1.165, 1.54) is 16.3 Å². The Kier molecular flexibility index (Phi) is 6.48. The summed E-state index contributed by atoms with van der Waals surface area (Å²) in [5.74, 6) is 5.59. The first-order valence-electron chi connectivity index (χ1n) is 7.21. The summed E-state index contributed by atoms with van der Waals surface area (Å²) in [6.07, 6.45) is 3.93. The molecule has 0 fully saturated rings. The Labute approximate surface area is 144 Å². The smallest absolute Gasteiger partial charge is 0.0694 e. The molecule has 0 unspecified atom stereocenters. The number of benzene rings is 2. The topological polar surface area (TPSA) is 39.1 Å². The monoisotopic (exact) mass is 324 g/mol. The fraction of sp³-hybridized carbons (Fsp3) is 0.200. The number of hydrogen-bond donors (Lipinski definition) is 1. The molecule has 4 heteroatoms. The Morgan fingerprint density at radius 2 is 1.21 bits per heavy atom. The Bertz CT molecular complexity index is 887. The standard InChI is InChI=1S/C10H12N2.C8H8N2.2CH4/c1-11(2)12-8-7-9-5-3-4-6-10(9)12;9-10-6-5-7-3-1-2-4-8(7)10;;/h3-8H,1-2H3;1-6H,9H2;2*1H4. The summed E-state index contributed by atoms with van der Waals surface area (Å²) < 4.78 is 3.74. The summed E-state index contributed by atoms with van der Waals surface area (Å²) in [5, 5.41) is 4.53. The lowest BCUT2D eigenvalue weighted by Crippen LogP contribution is -2.23. The summed E-state index contributed by atoms with van der Waals surface area (Å²) in [6.45, 7) is 0. The van der Waals surface area contributed by atoms with Gasteiger partial charge >= 0.3 is 0 Å². The van der Waals surface area contributed by atoms with Gasteiger partial charge in [0.25, 0.3) is 0 Å². The lowest BCUT2D eigenvalue weighted by molar-refractivity contribution is 0.762. The van der Waals surface area contributed by atoms with Crippen LogP contribution in [0.25, 0.3) is 21.8 Å². The molecule has 128 valence electrons. The average Bonchev–Trinajstić information content (AvgIpc) is 3.13. The zero-order valence-electron chi connectivity index (χ0n) is 12.8. The van der Waals surface area contributed by atoms with E-state index >= 15 is 0 Å². The molecular formula is C20H28N4. The number of nitrogen functional groups attached to an aromatic ring is 1. The van der Waals surface area contributed by atoms with Gasteiger partial charge in [0, 0.05) is 37.3 Å². The molecule has 0 saturated carbocycles. The van der Waals surface area contributed by atoms with E-state index in [-0.39, 0.29) is 14.9 Å². The molecule has 0 bridgehead atoms. The van der Waals surface area contributed by atoms with E-state index in [0.29, 0.717) is 0 Å². The molecule has 0 aliphatic carbocycles. The normalized spacial score (nSPS) is 9.58. The second-order valence-corrected chi connectivity index (χ2v) is 5.35. The number of hydrogen-bond acceptors (Lipinski definition) is 2. The van der Waals surface area contributed by atoms with Crippen molar-refractivity contribution in [2.24, 2.45) is 0 Å². The van der Waals surface area contributed by atoms with Crippen LogP contribution in [0.15, 0.2) is 73.1 Å². The summed E-state index contributed by atoms with van der Waals surface area (Å²) in [4.78, 5) is 0. The SMILES string of the molecule is C.C.CN(C)n1ccc2ccccc21.Nn1ccc2ccccc21. The zero-order valence-corrected chi connectivity index (χ0v) is 12.8. The third kappa shape index (κ3) is 3.71. The Hall–Kier alpha value is -2.88. The molecule has 2 aromatic heterocycles. The van der Waals surface area contributed by atoms with Crippen molar-refractivity contribution in [2.75, 3.05) is 24.9 Å². The van der Waals surface area contributed by atoms with Crippen LogP contribution >= 0.6 is 0 Å². The largest absolute Gasteiger partial charge is 0.339 e. The molecule has 2 N–H and O–H groups in total. The van der Waals surface area contributed by atoms with Crippen molar-refractivity contribution in [3.8, 4) is 0 Å². The van der Waals surface area contributed by atoms with Crippen LogP contribution in [0.5, 0.6) is 0 Å². The highest BCUT2D eigenvalue weighted by Gasteiger charge is 1.99. The number of nitrogens with zero attached hydrogens (tertiary/aromatic N) is 3. The Balaban J connectivity index is 0.000000224. The van der Waals surface area contributed by atoms with Crippen molar-refractivity contribution in [3.63, 3.8) is 0 Å². The first-order valence-corrected chi connectivity index (χ1v) is 7.21. The van der Waals surface area contributed by atoms with E-state index in [1.54, 1.807) is 4.68 Å². The summed E-state index contributed by atoms with van der Waals surface area (Å²) in [6, 6.07) is 20.5. The molecule has 0 spiro atoms. The Morgan fingerprint density at radius 3 is 1.79 bits per heavy atom. The van der Waals surface area contributed by atoms with Gasteiger partial charge in [-0.1, -0.05) is 51.3 Å². The fourth-order valence-electron chi connectivity index (χ4n) is 2.52.